The molecule has 3 N–H and O–H groups in total. The first-order valence-electron chi connectivity index (χ1n) is 6.20. The molecule has 0 unspecified atom stereocenters. The number of hydrogen-bond acceptors (Lipinski definition) is 6. The molecular formula is C14H10N2O4S2. The Morgan fingerprint density at radius 2 is 2.09 bits per heavy atom. The number of carboxylic acid groups (broad SMARTS) is 1. The van der Waals surface area contributed by atoms with Crippen LogP contribution in [0.1, 0.15) is 10.5 Å². The van der Waals surface area contributed by atoms with Crippen LogP contribution < -0.4 is 5.32 Å². The lowest BCUT2D eigenvalue weighted by molar-refractivity contribution is -0.135. The molecule has 1 amide bonds. The Hall–Kier alpha value is -2.45. The first kappa shape index (κ1) is 14.5. The second kappa shape index (κ2) is 5.74. The van der Waals surface area contributed by atoms with Crippen molar-refractivity contribution in [3.63, 3.8) is 0 Å². The van der Waals surface area contributed by atoms with Gasteiger partial charge in [0.25, 0.3) is 5.91 Å². The van der Waals surface area contributed by atoms with Gasteiger partial charge < -0.3 is 15.5 Å². The molecule has 0 aliphatic rings. The third kappa shape index (κ3) is 2.53. The molecule has 8 heteroatoms. The van der Waals surface area contributed by atoms with E-state index in [2.05, 4.69) is 10.3 Å². The fraction of sp³-hybridized carbons (Fsp3) is 0.0714. The van der Waals surface area contributed by atoms with Gasteiger partial charge in [0.05, 0.1) is 10.4 Å². The number of carbonyl (C=O) groups excluding carboxylic acids is 1. The standard InChI is InChI=1S/C14H10N2O4S2/c17-9(18)5-15-14(20)11-12(19)13-8(2-4-22-13)10(16-11)7-1-3-21-6-7/h1-4,6,19H,5H2,(H,15,20)(H,17,18). The van der Waals surface area contributed by atoms with E-state index < -0.39 is 18.4 Å². The lowest BCUT2D eigenvalue weighted by atomic mass is 10.1. The van der Waals surface area contributed by atoms with Crippen molar-refractivity contribution in [2.45, 2.75) is 0 Å². The van der Waals surface area contributed by atoms with Gasteiger partial charge in [-0.1, -0.05) is 0 Å². The molecule has 3 heterocycles. The highest BCUT2D eigenvalue weighted by Gasteiger charge is 2.21. The molecule has 0 bridgehead atoms. The van der Waals surface area contributed by atoms with Gasteiger partial charge in [-0.05, 0) is 22.9 Å². The van der Waals surface area contributed by atoms with E-state index in [0.29, 0.717) is 10.4 Å². The van der Waals surface area contributed by atoms with Gasteiger partial charge in [0.2, 0.25) is 0 Å². The summed E-state index contributed by atoms with van der Waals surface area (Å²) in [6, 6.07) is 3.71. The van der Waals surface area contributed by atoms with Gasteiger partial charge in [-0.2, -0.15) is 11.3 Å². The molecule has 22 heavy (non-hydrogen) atoms. The zero-order chi connectivity index (χ0) is 15.7. The first-order valence-corrected chi connectivity index (χ1v) is 8.03. The van der Waals surface area contributed by atoms with E-state index in [1.54, 1.807) is 5.38 Å². The van der Waals surface area contributed by atoms with E-state index in [0.717, 1.165) is 10.9 Å². The second-order valence-corrected chi connectivity index (χ2v) is 6.11. The number of aromatic hydroxyl groups is 1. The maximum atomic E-state index is 12.1. The summed E-state index contributed by atoms with van der Waals surface area (Å²) in [7, 11) is 0. The number of amides is 1. The van der Waals surface area contributed by atoms with E-state index in [4.69, 9.17) is 5.11 Å². The summed E-state index contributed by atoms with van der Waals surface area (Å²) in [5.74, 6) is -2.11. The molecule has 0 aliphatic heterocycles. The molecule has 3 rings (SSSR count). The van der Waals surface area contributed by atoms with Crippen molar-refractivity contribution in [2.75, 3.05) is 6.54 Å². The number of nitrogens with zero attached hydrogens (tertiary/aromatic N) is 1. The highest BCUT2D eigenvalue weighted by atomic mass is 32.1. The Kier molecular flexibility index (Phi) is 3.78. The predicted octanol–water partition coefficient (Wildman–Crippen LogP) is 2.54. The van der Waals surface area contributed by atoms with Gasteiger partial charge in [0.15, 0.2) is 11.4 Å². The number of carboxylic acids is 1. The minimum atomic E-state index is -1.16. The Bertz CT molecular complexity index is 855. The van der Waals surface area contributed by atoms with Crippen LogP contribution in [0.5, 0.6) is 5.75 Å². The van der Waals surface area contributed by atoms with E-state index in [1.165, 1.54) is 22.7 Å². The van der Waals surface area contributed by atoms with Crippen LogP contribution in [-0.4, -0.2) is 33.6 Å². The predicted molar refractivity (Wildman–Crippen MR) is 84.6 cm³/mol. The molecule has 0 aliphatic carbocycles. The van der Waals surface area contributed by atoms with Gasteiger partial charge in [-0.15, -0.1) is 11.3 Å². The van der Waals surface area contributed by atoms with Crippen LogP contribution in [0, 0.1) is 0 Å². The molecule has 112 valence electrons. The number of hydrogen-bond donors (Lipinski definition) is 3. The van der Waals surface area contributed by atoms with Crippen LogP contribution in [-0.2, 0) is 4.79 Å². The van der Waals surface area contributed by atoms with Crippen LogP contribution in [0.3, 0.4) is 0 Å². The van der Waals surface area contributed by atoms with E-state index in [9.17, 15) is 14.7 Å². The summed E-state index contributed by atoms with van der Waals surface area (Å²) in [4.78, 5) is 26.9. The lowest BCUT2D eigenvalue weighted by Crippen LogP contribution is -2.30. The van der Waals surface area contributed by atoms with Crippen LogP contribution in [0.15, 0.2) is 28.3 Å². The summed E-state index contributed by atoms with van der Waals surface area (Å²) in [6.45, 7) is -0.532. The van der Waals surface area contributed by atoms with Gasteiger partial charge in [0.1, 0.15) is 6.54 Å². The number of aliphatic carboxylic acids is 1. The number of aromatic nitrogens is 1. The summed E-state index contributed by atoms with van der Waals surface area (Å²) in [5, 5.41) is 27.4. The zero-order valence-corrected chi connectivity index (χ0v) is 12.7. The van der Waals surface area contributed by atoms with Crippen LogP contribution in [0.2, 0.25) is 0 Å². The van der Waals surface area contributed by atoms with Crippen LogP contribution >= 0.6 is 22.7 Å². The topological polar surface area (TPSA) is 99.5 Å². The van der Waals surface area contributed by atoms with Crippen molar-refractivity contribution in [3.05, 3.63) is 34.0 Å². The number of nitrogens with one attached hydrogen (secondary N) is 1. The lowest BCUT2D eigenvalue weighted by Gasteiger charge is -2.08. The van der Waals surface area contributed by atoms with Gasteiger partial charge >= 0.3 is 5.97 Å². The summed E-state index contributed by atoms with van der Waals surface area (Å²) in [6.07, 6.45) is 0. The first-order chi connectivity index (χ1) is 10.6. The molecule has 0 radical (unpaired) electrons. The Morgan fingerprint density at radius 1 is 1.27 bits per heavy atom. The zero-order valence-electron chi connectivity index (χ0n) is 11.1. The molecule has 6 nitrogen and oxygen atoms in total. The second-order valence-electron chi connectivity index (χ2n) is 4.41. The normalized spacial score (nSPS) is 10.7. The van der Waals surface area contributed by atoms with Gasteiger partial charge in [-0.3, -0.25) is 9.59 Å². The molecule has 0 saturated heterocycles. The van der Waals surface area contributed by atoms with E-state index >= 15 is 0 Å². The summed E-state index contributed by atoms with van der Waals surface area (Å²) < 4.78 is 0.552. The SMILES string of the molecule is O=C(O)CNC(=O)c1nc(-c2ccsc2)c2ccsc2c1O. The fourth-order valence-electron chi connectivity index (χ4n) is 2.03. The van der Waals surface area contributed by atoms with Crippen molar-refractivity contribution in [3.8, 4) is 17.0 Å². The van der Waals surface area contributed by atoms with E-state index in [1.807, 2.05) is 22.9 Å². The molecule has 0 aromatic carbocycles. The largest absolute Gasteiger partial charge is 0.504 e. The van der Waals surface area contributed by atoms with Crippen molar-refractivity contribution in [2.24, 2.45) is 0 Å². The number of fused-ring (bicyclic) bond motifs is 1. The van der Waals surface area contributed by atoms with Crippen molar-refractivity contribution < 1.29 is 19.8 Å². The van der Waals surface area contributed by atoms with Crippen molar-refractivity contribution in [1.82, 2.24) is 10.3 Å². The molecule has 3 aromatic rings. The fourth-order valence-corrected chi connectivity index (χ4v) is 3.51. The van der Waals surface area contributed by atoms with Gasteiger partial charge in [-0.25, -0.2) is 4.98 Å². The van der Waals surface area contributed by atoms with E-state index in [-0.39, 0.29) is 11.4 Å². The van der Waals surface area contributed by atoms with Crippen molar-refractivity contribution >= 4 is 44.6 Å². The average Bonchev–Trinajstić information content (AvgIpc) is 3.16. The number of thiophene rings is 2. The summed E-state index contributed by atoms with van der Waals surface area (Å²) >= 11 is 2.80. The monoisotopic (exact) mass is 334 g/mol. The third-order valence-corrected chi connectivity index (χ3v) is 4.60. The summed E-state index contributed by atoms with van der Waals surface area (Å²) in [5.41, 5.74) is 1.27. The average molecular weight is 334 g/mol. The number of carbonyl (C=O) groups is 2. The molecule has 0 saturated carbocycles. The minimum absolute atomic E-state index is 0.169. The maximum Gasteiger partial charge on any atom is 0.322 e. The number of rotatable bonds is 4. The van der Waals surface area contributed by atoms with Crippen LogP contribution in [0.4, 0.5) is 0 Å². The van der Waals surface area contributed by atoms with Crippen LogP contribution in [0.25, 0.3) is 21.3 Å². The minimum Gasteiger partial charge on any atom is -0.504 e. The third-order valence-electron chi connectivity index (χ3n) is 2.99. The Morgan fingerprint density at radius 3 is 2.77 bits per heavy atom. The smallest absolute Gasteiger partial charge is 0.322 e. The Balaban J connectivity index is 2.13. The molecule has 3 aromatic heterocycles. The molecule has 0 atom stereocenters. The van der Waals surface area contributed by atoms with Gasteiger partial charge in [0, 0.05) is 16.3 Å². The van der Waals surface area contributed by atoms with Crippen molar-refractivity contribution in [1.29, 1.82) is 0 Å². The Labute approximate surface area is 132 Å². The molecule has 0 fully saturated rings. The maximum absolute atomic E-state index is 12.1. The highest BCUT2D eigenvalue weighted by Crippen LogP contribution is 2.38. The number of pyridine rings is 1. The highest BCUT2D eigenvalue weighted by molar-refractivity contribution is 7.17. The molecular weight excluding hydrogens is 324 g/mol. The quantitative estimate of drug-likeness (QED) is 0.681. The molecule has 0 spiro atoms.